The van der Waals surface area contributed by atoms with Gasteiger partial charge in [-0.2, -0.15) is 0 Å². The van der Waals surface area contributed by atoms with E-state index in [1.54, 1.807) is 18.2 Å². The van der Waals surface area contributed by atoms with Crippen LogP contribution in [0.4, 0.5) is 0 Å². The zero-order valence-electron chi connectivity index (χ0n) is 11.2. The van der Waals surface area contributed by atoms with Crippen LogP contribution in [0.25, 0.3) is 0 Å². The summed E-state index contributed by atoms with van der Waals surface area (Å²) in [6.07, 6.45) is 0. The van der Waals surface area contributed by atoms with E-state index in [0.29, 0.717) is 0 Å². The molecule has 1 aromatic rings. The number of hydrogen-bond donors (Lipinski definition) is 1. The fraction of sp³-hybridized carbons (Fsp3) is 0.429. The first-order valence-corrected chi connectivity index (χ1v) is 5.96. The summed E-state index contributed by atoms with van der Waals surface area (Å²) in [5.41, 5.74) is 0.000739. The summed E-state index contributed by atoms with van der Waals surface area (Å²) in [7, 11) is -0.530. The van der Waals surface area contributed by atoms with Crippen molar-refractivity contribution in [2.75, 3.05) is 0 Å². The third-order valence-corrected chi connectivity index (χ3v) is 3.43. The second-order valence-corrected chi connectivity index (χ2v) is 5.41. The number of hydrogen-bond acceptors (Lipinski definition) is 3. The largest absolute Gasteiger partial charge is 0.551 e. The molecule has 1 aliphatic rings. The maximum atomic E-state index is 9.34. The monoisotopic (exact) mass is 244 g/mol. The SMILES string of the molecule is CC1(C)OB(C#Cc2cccc(O)c2)OC1(C)C. The minimum Gasteiger partial charge on any atom is -0.508 e. The smallest absolute Gasteiger partial charge is 0.508 e. The average Bonchev–Trinajstić information content (AvgIpc) is 2.45. The van der Waals surface area contributed by atoms with Gasteiger partial charge in [-0.15, -0.1) is 0 Å². The Balaban J connectivity index is 2.14. The Bertz CT molecular complexity index is 495. The molecule has 0 atom stereocenters. The minimum atomic E-state index is -0.530. The van der Waals surface area contributed by atoms with Crippen molar-refractivity contribution in [2.24, 2.45) is 0 Å². The summed E-state index contributed by atoms with van der Waals surface area (Å²) in [4.78, 5) is 0. The highest BCUT2D eigenvalue weighted by atomic mass is 16.7. The third kappa shape index (κ3) is 2.53. The van der Waals surface area contributed by atoms with Gasteiger partial charge < -0.3 is 14.4 Å². The Hall–Kier alpha value is -1.44. The van der Waals surface area contributed by atoms with Gasteiger partial charge >= 0.3 is 7.12 Å². The van der Waals surface area contributed by atoms with Gasteiger partial charge in [-0.1, -0.05) is 17.8 Å². The summed E-state index contributed by atoms with van der Waals surface area (Å²) in [6.45, 7) is 7.96. The lowest BCUT2D eigenvalue weighted by Crippen LogP contribution is -2.41. The quantitative estimate of drug-likeness (QED) is 0.562. The molecular weight excluding hydrogens is 227 g/mol. The highest BCUT2D eigenvalue weighted by Gasteiger charge is 2.50. The van der Waals surface area contributed by atoms with Crippen molar-refractivity contribution in [1.82, 2.24) is 0 Å². The van der Waals surface area contributed by atoms with Crippen molar-refractivity contribution in [1.29, 1.82) is 0 Å². The first kappa shape index (κ1) is 13.0. The molecule has 4 heteroatoms. The molecule has 0 saturated carbocycles. The van der Waals surface area contributed by atoms with Crippen molar-refractivity contribution in [3.8, 4) is 17.5 Å². The number of rotatable bonds is 0. The lowest BCUT2D eigenvalue weighted by atomic mass is 9.90. The zero-order valence-corrected chi connectivity index (χ0v) is 11.2. The lowest BCUT2D eigenvalue weighted by molar-refractivity contribution is 0.00578. The minimum absolute atomic E-state index is 0.204. The predicted octanol–water partition coefficient (Wildman–Crippen LogP) is 2.38. The fourth-order valence-corrected chi connectivity index (χ4v) is 1.63. The molecule has 1 aliphatic heterocycles. The molecule has 94 valence electrons. The van der Waals surface area contributed by atoms with Crippen molar-refractivity contribution in [3.63, 3.8) is 0 Å². The molecule has 1 heterocycles. The van der Waals surface area contributed by atoms with E-state index in [9.17, 15) is 5.11 Å². The molecular formula is C14H17BO3. The molecule has 18 heavy (non-hydrogen) atoms. The van der Waals surface area contributed by atoms with E-state index in [-0.39, 0.29) is 17.0 Å². The van der Waals surface area contributed by atoms with Gasteiger partial charge in [0.15, 0.2) is 0 Å². The molecule has 0 aromatic heterocycles. The number of phenolic OH excluding ortho intramolecular Hbond substituents is 1. The fourth-order valence-electron chi connectivity index (χ4n) is 1.63. The summed E-state index contributed by atoms with van der Waals surface area (Å²) < 4.78 is 11.5. The highest BCUT2D eigenvalue weighted by molar-refractivity contribution is 6.55. The molecule has 0 amide bonds. The van der Waals surface area contributed by atoms with Gasteiger partial charge in [0.1, 0.15) is 5.75 Å². The average molecular weight is 244 g/mol. The predicted molar refractivity (Wildman–Crippen MR) is 71.1 cm³/mol. The summed E-state index contributed by atoms with van der Waals surface area (Å²) in [5.74, 6) is 6.08. The Labute approximate surface area is 108 Å². The van der Waals surface area contributed by atoms with Crippen LogP contribution in [-0.4, -0.2) is 23.4 Å². The molecule has 0 unspecified atom stereocenters. The van der Waals surface area contributed by atoms with E-state index in [0.717, 1.165) is 5.56 Å². The molecule has 1 saturated heterocycles. The van der Waals surface area contributed by atoms with Crippen LogP contribution in [-0.2, 0) is 9.31 Å². The molecule has 2 rings (SSSR count). The van der Waals surface area contributed by atoms with E-state index in [4.69, 9.17) is 9.31 Å². The second kappa shape index (κ2) is 4.35. The maximum Gasteiger partial charge on any atom is 0.551 e. The molecule has 0 radical (unpaired) electrons. The van der Waals surface area contributed by atoms with E-state index >= 15 is 0 Å². The topological polar surface area (TPSA) is 38.7 Å². The van der Waals surface area contributed by atoms with Gasteiger partial charge in [0.2, 0.25) is 0 Å². The number of benzene rings is 1. The van der Waals surface area contributed by atoms with Crippen LogP contribution in [0.15, 0.2) is 24.3 Å². The summed E-state index contributed by atoms with van der Waals surface area (Å²) in [6, 6.07) is 6.81. The van der Waals surface area contributed by atoms with E-state index in [1.807, 2.05) is 33.8 Å². The molecule has 0 bridgehead atoms. The number of phenols is 1. The summed E-state index contributed by atoms with van der Waals surface area (Å²) in [5, 5.41) is 9.34. The second-order valence-electron chi connectivity index (χ2n) is 5.41. The number of aromatic hydroxyl groups is 1. The normalized spacial score (nSPS) is 20.3. The van der Waals surface area contributed by atoms with Crippen molar-refractivity contribution >= 4 is 7.12 Å². The van der Waals surface area contributed by atoms with Gasteiger partial charge in [0.05, 0.1) is 11.2 Å². The molecule has 0 aliphatic carbocycles. The maximum absolute atomic E-state index is 9.34. The van der Waals surface area contributed by atoms with Gasteiger partial charge in [-0.25, -0.2) is 0 Å². The molecule has 1 fully saturated rings. The Morgan fingerprint density at radius 1 is 1.11 bits per heavy atom. The first-order valence-electron chi connectivity index (χ1n) is 5.96. The van der Waals surface area contributed by atoms with Crippen LogP contribution < -0.4 is 0 Å². The van der Waals surface area contributed by atoms with Crippen molar-refractivity contribution in [3.05, 3.63) is 29.8 Å². The van der Waals surface area contributed by atoms with E-state index < -0.39 is 7.12 Å². The van der Waals surface area contributed by atoms with E-state index in [1.165, 1.54) is 0 Å². The van der Waals surface area contributed by atoms with Gasteiger partial charge in [0, 0.05) is 5.56 Å². The van der Waals surface area contributed by atoms with Crippen LogP contribution in [0.2, 0.25) is 0 Å². The lowest BCUT2D eigenvalue weighted by Gasteiger charge is -2.32. The summed E-state index contributed by atoms with van der Waals surface area (Å²) >= 11 is 0. The first-order chi connectivity index (χ1) is 8.30. The van der Waals surface area contributed by atoms with Crippen LogP contribution in [0, 0.1) is 11.7 Å². The molecule has 1 aromatic carbocycles. The Kier molecular flexibility index (Phi) is 3.14. The van der Waals surface area contributed by atoms with Gasteiger partial charge in [0.25, 0.3) is 0 Å². The third-order valence-electron chi connectivity index (χ3n) is 3.43. The van der Waals surface area contributed by atoms with Crippen LogP contribution in [0.5, 0.6) is 5.75 Å². The van der Waals surface area contributed by atoms with Gasteiger partial charge in [-0.3, -0.25) is 0 Å². The molecule has 1 N–H and O–H groups in total. The Morgan fingerprint density at radius 2 is 1.72 bits per heavy atom. The molecule has 3 nitrogen and oxygen atoms in total. The molecule has 0 spiro atoms. The van der Waals surface area contributed by atoms with Crippen LogP contribution in [0.3, 0.4) is 0 Å². The van der Waals surface area contributed by atoms with Gasteiger partial charge in [-0.05, 0) is 45.9 Å². The van der Waals surface area contributed by atoms with Crippen molar-refractivity contribution in [2.45, 2.75) is 38.9 Å². The standard InChI is InChI=1S/C14H17BO3/c1-13(2)14(3,4)18-15(17-13)9-8-11-6-5-7-12(16)10-11/h5-7,10,16H,1-4H3. The van der Waals surface area contributed by atoms with E-state index in [2.05, 4.69) is 11.7 Å². The van der Waals surface area contributed by atoms with Crippen molar-refractivity contribution < 1.29 is 14.4 Å². The Morgan fingerprint density at radius 3 is 2.28 bits per heavy atom. The van der Waals surface area contributed by atoms with Crippen LogP contribution in [0.1, 0.15) is 33.3 Å². The highest BCUT2D eigenvalue weighted by Crippen LogP contribution is 2.36. The zero-order chi connectivity index (χ0) is 13.4. The van der Waals surface area contributed by atoms with Crippen LogP contribution >= 0.6 is 0 Å².